The number of para-hydroxylation sites is 6. The molecule has 450 valence electrons. The quantitative estimate of drug-likeness (QED) is 0.114. The van der Waals surface area contributed by atoms with Crippen LogP contribution in [0.15, 0.2) is 346 Å². The van der Waals surface area contributed by atoms with Crippen LogP contribution in [-0.2, 0) is 0 Å². The molecule has 0 N–H and O–H groups in total. The predicted octanol–water partition coefficient (Wildman–Crippen LogP) is 20.8. The molecule has 0 spiro atoms. The summed E-state index contributed by atoms with van der Waals surface area (Å²) in [5.41, 5.74) is 27.6. The molecule has 18 rings (SSSR count). The number of hydrogen-bond acceptors (Lipinski definition) is 6. The van der Waals surface area contributed by atoms with Gasteiger partial charge in [0.1, 0.15) is 0 Å². The highest BCUT2D eigenvalue weighted by Crippen LogP contribution is 2.47. The Morgan fingerprint density at radius 1 is 0.292 bits per heavy atom. The van der Waals surface area contributed by atoms with E-state index >= 15 is 0 Å². The summed E-state index contributed by atoms with van der Waals surface area (Å²) in [7, 11) is 0. The van der Waals surface area contributed by atoms with Crippen molar-refractivity contribution in [2.24, 2.45) is 0 Å². The van der Waals surface area contributed by atoms with E-state index in [0.717, 1.165) is 106 Å². The van der Waals surface area contributed by atoms with Crippen LogP contribution in [0.25, 0.3) is 95.0 Å². The Labute approximate surface area is 558 Å². The minimum Gasteiger partial charge on any atom is -0.311 e. The fourth-order valence-electron chi connectivity index (χ4n) is 14.8. The van der Waals surface area contributed by atoms with Gasteiger partial charge in [0.05, 0.1) is 16.7 Å². The molecule has 0 radical (unpaired) electrons. The van der Waals surface area contributed by atoms with Crippen molar-refractivity contribution in [3.63, 3.8) is 0 Å². The van der Waals surface area contributed by atoms with Crippen LogP contribution in [-0.4, -0.2) is 26.2 Å². The zero-order valence-corrected chi connectivity index (χ0v) is 52.6. The second-order valence-corrected chi connectivity index (χ2v) is 24.8. The van der Waals surface area contributed by atoms with Gasteiger partial charge in [0, 0.05) is 84.2 Å². The summed E-state index contributed by atoms with van der Waals surface area (Å²) in [5, 5.41) is 2.27. The summed E-state index contributed by atoms with van der Waals surface area (Å²) in [4.78, 5) is 23.3. The van der Waals surface area contributed by atoms with Crippen molar-refractivity contribution in [2.45, 2.75) is 6.92 Å². The molecule has 8 heteroatoms. The van der Waals surface area contributed by atoms with Crippen LogP contribution < -0.4 is 31.1 Å². The van der Waals surface area contributed by atoms with Crippen molar-refractivity contribution in [1.29, 1.82) is 0 Å². The van der Waals surface area contributed by atoms with E-state index in [9.17, 15) is 0 Å². The molecule has 2 aliphatic heterocycles. The minimum absolute atomic E-state index is 0.0641. The molecule has 0 saturated carbocycles. The standard InChI is InChI=1S/C88H60BN7/c1-59-50-52-78-74(54-59)75-58-71(93(67-35-11-4-12-36-67)68-37-13-5-14-38-68)51-53-79(75)96(78)85-72(42-24-43-73(85)88-91-86(60-26-7-2-8-27-60)90-87(92-88)61-28-9-3-10-29-61)66-34-22-32-64(56-66)62-30-21-31-63(55-62)65-33-23-41-70(57-65)95-81-47-20-18-45-77(81)89-76-44-17-19-46-80(76)94(69-39-15-6-16-40-69)82-48-25-49-83(95)84(82)89/h2-58H,1H3. The molecule has 0 aliphatic carbocycles. The fraction of sp³-hybridized carbons (Fsp3) is 0.0114. The first-order valence-electron chi connectivity index (χ1n) is 32.8. The maximum Gasteiger partial charge on any atom is 0.252 e. The van der Waals surface area contributed by atoms with Gasteiger partial charge in [-0.2, -0.15) is 0 Å². The Morgan fingerprint density at radius 3 is 1.31 bits per heavy atom. The van der Waals surface area contributed by atoms with E-state index in [0.29, 0.717) is 17.5 Å². The first-order valence-corrected chi connectivity index (χ1v) is 32.8. The number of aromatic nitrogens is 4. The third-order valence-electron chi connectivity index (χ3n) is 19.0. The van der Waals surface area contributed by atoms with E-state index in [4.69, 9.17) is 15.0 Å². The van der Waals surface area contributed by atoms with Gasteiger partial charge in [-0.05, 0) is 172 Å². The Balaban J connectivity index is 0.789. The molecule has 4 heterocycles. The molecule has 0 unspecified atom stereocenters. The molecule has 0 amide bonds. The van der Waals surface area contributed by atoms with Crippen LogP contribution >= 0.6 is 0 Å². The van der Waals surface area contributed by atoms with Crippen LogP contribution in [0.2, 0.25) is 0 Å². The van der Waals surface area contributed by atoms with Gasteiger partial charge in [-0.3, -0.25) is 0 Å². The number of nitrogens with zero attached hydrogens (tertiary/aromatic N) is 7. The Hall–Kier alpha value is -12.6. The maximum atomic E-state index is 5.43. The van der Waals surface area contributed by atoms with E-state index in [1.807, 2.05) is 36.4 Å². The van der Waals surface area contributed by atoms with E-state index in [-0.39, 0.29) is 6.71 Å². The molecular formula is C88H60BN7. The van der Waals surface area contributed by atoms with Crippen molar-refractivity contribution in [3.8, 4) is 73.2 Å². The second-order valence-electron chi connectivity index (χ2n) is 24.8. The molecule has 16 aromatic rings. The summed E-state index contributed by atoms with van der Waals surface area (Å²) in [6, 6.07) is 125. The van der Waals surface area contributed by atoms with Crippen LogP contribution in [0, 0.1) is 6.92 Å². The summed E-state index contributed by atoms with van der Waals surface area (Å²) in [6.45, 7) is 2.25. The molecule has 96 heavy (non-hydrogen) atoms. The third kappa shape index (κ3) is 9.65. The van der Waals surface area contributed by atoms with Crippen LogP contribution in [0.4, 0.5) is 51.2 Å². The molecule has 0 saturated heterocycles. The number of hydrogen-bond donors (Lipinski definition) is 0. The normalized spacial score (nSPS) is 12.2. The zero-order valence-electron chi connectivity index (χ0n) is 52.6. The van der Waals surface area contributed by atoms with E-state index in [2.05, 4.69) is 336 Å². The molecule has 7 nitrogen and oxygen atoms in total. The Kier molecular flexibility index (Phi) is 13.7. The average molecular weight is 1230 g/mol. The van der Waals surface area contributed by atoms with Crippen molar-refractivity contribution in [1.82, 2.24) is 19.5 Å². The number of anilines is 9. The molecule has 14 aromatic carbocycles. The van der Waals surface area contributed by atoms with Crippen molar-refractivity contribution in [3.05, 3.63) is 351 Å². The van der Waals surface area contributed by atoms with Gasteiger partial charge < -0.3 is 19.3 Å². The zero-order chi connectivity index (χ0) is 63.6. The van der Waals surface area contributed by atoms with E-state index in [1.54, 1.807) is 0 Å². The number of aryl methyl sites for hydroxylation is 1. The molecule has 0 atom stereocenters. The predicted molar refractivity (Wildman–Crippen MR) is 400 cm³/mol. The maximum absolute atomic E-state index is 5.43. The molecule has 0 bridgehead atoms. The summed E-state index contributed by atoms with van der Waals surface area (Å²) < 4.78 is 2.45. The number of fused-ring (bicyclic) bond motifs is 7. The highest BCUT2D eigenvalue weighted by atomic mass is 15.2. The van der Waals surface area contributed by atoms with Gasteiger partial charge in [0.25, 0.3) is 6.71 Å². The van der Waals surface area contributed by atoms with Crippen LogP contribution in [0.3, 0.4) is 0 Å². The Morgan fingerprint density at radius 2 is 0.708 bits per heavy atom. The second kappa shape index (κ2) is 23.5. The largest absolute Gasteiger partial charge is 0.311 e. The van der Waals surface area contributed by atoms with Gasteiger partial charge in [-0.25, -0.2) is 15.0 Å². The van der Waals surface area contributed by atoms with Gasteiger partial charge in [0.15, 0.2) is 17.5 Å². The SMILES string of the molecule is Cc1ccc2c(c1)c1cc(N(c3ccccc3)c3ccccc3)ccc1n2-c1c(-c2cccc(-c3cccc(-c4cccc(N5c6ccccc6B6c7ccccc7N(c7ccccc7)c7cccc5c76)c4)c3)c2)cccc1-c1nc(-c2ccccc2)nc(-c2ccccc2)n1. The van der Waals surface area contributed by atoms with Gasteiger partial charge in [-0.15, -0.1) is 0 Å². The minimum atomic E-state index is 0.0641. The first kappa shape index (κ1) is 56.1. The van der Waals surface area contributed by atoms with E-state index in [1.165, 1.54) is 44.7 Å². The molecular weight excluding hydrogens is 1170 g/mol. The first-order chi connectivity index (χ1) is 47.5. The van der Waals surface area contributed by atoms with Gasteiger partial charge in [0.2, 0.25) is 0 Å². The fourth-order valence-corrected chi connectivity index (χ4v) is 14.8. The lowest BCUT2D eigenvalue weighted by Gasteiger charge is -2.44. The van der Waals surface area contributed by atoms with Gasteiger partial charge in [-0.1, -0.05) is 230 Å². The average Bonchev–Trinajstić information content (AvgIpc) is 0.920. The van der Waals surface area contributed by atoms with Crippen LogP contribution in [0.1, 0.15) is 5.56 Å². The summed E-state index contributed by atoms with van der Waals surface area (Å²) in [6.07, 6.45) is 0. The lowest BCUT2D eigenvalue weighted by molar-refractivity contribution is 1.06. The topological polar surface area (TPSA) is 53.3 Å². The molecule has 2 aliphatic rings. The van der Waals surface area contributed by atoms with Crippen molar-refractivity contribution in [2.75, 3.05) is 14.7 Å². The lowest BCUT2D eigenvalue weighted by atomic mass is 9.33. The number of rotatable bonds is 12. The number of benzene rings is 14. The highest BCUT2D eigenvalue weighted by molar-refractivity contribution is 7.00. The Bertz CT molecular complexity index is 5550. The van der Waals surface area contributed by atoms with Crippen molar-refractivity contribution >= 4 is 96.1 Å². The van der Waals surface area contributed by atoms with Gasteiger partial charge >= 0.3 is 0 Å². The lowest BCUT2D eigenvalue weighted by Crippen LogP contribution is -2.61. The van der Waals surface area contributed by atoms with E-state index < -0.39 is 0 Å². The highest BCUT2D eigenvalue weighted by Gasteiger charge is 2.43. The summed E-state index contributed by atoms with van der Waals surface area (Å²) in [5.74, 6) is 1.77. The summed E-state index contributed by atoms with van der Waals surface area (Å²) >= 11 is 0. The molecule has 0 fully saturated rings. The third-order valence-corrected chi connectivity index (χ3v) is 19.0. The smallest absolute Gasteiger partial charge is 0.252 e. The van der Waals surface area contributed by atoms with Crippen molar-refractivity contribution < 1.29 is 0 Å². The monoisotopic (exact) mass is 1230 g/mol. The molecule has 2 aromatic heterocycles. The van der Waals surface area contributed by atoms with Crippen LogP contribution in [0.5, 0.6) is 0 Å².